The summed E-state index contributed by atoms with van der Waals surface area (Å²) in [5, 5.41) is 10.9. The second kappa shape index (κ2) is 6.17. The molecule has 0 spiro atoms. The van der Waals surface area contributed by atoms with Crippen molar-refractivity contribution in [3.05, 3.63) is 45.8 Å². The summed E-state index contributed by atoms with van der Waals surface area (Å²) < 4.78 is 5.63. The zero-order valence-electron chi connectivity index (χ0n) is 11.9. The van der Waals surface area contributed by atoms with Gasteiger partial charge in [0.1, 0.15) is 17.4 Å². The molecule has 7 nitrogen and oxygen atoms in total. The molecule has 0 amide bonds. The summed E-state index contributed by atoms with van der Waals surface area (Å²) in [6, 6.07) is 6.15. The van der Waals surface area contributed by atoms with E-state index >= 15 is 0 Å². The molecule has 21 heavy (non-hydrogen) atoms. The Morgan fingerprint density at radius 2 is 2.14 bits per heavy atom. The number of hydrogen-bond acceptors (Lipinski definition) is 6. The van der Waals surface area contributed by atoms with Gasteiger partial charge in [-0.25, -0.2) is 4.98 Å². The number of aromatic nitrogens is 2. The second-order valence-electron chi connectivity index (χ2n) is 4.56. The quantitative estimate of drug-likeness (QED) is 0.669. The molecule has 0 unspecified atom stereocenters. The number of nitrogen functional groups attached to an aromatic ring is 1. The third-order valence-electron chi connectivity index (χ3n) is 2.91. The largest absolute Gasteiger partial charge is 0.438 e. The van der Waals surface area contributed by atoms with Gasteiger partial charge in [-0.3, -0.25) is 10.1 Å². The predicted molar refractivity (Wildman–Crippen MR) is 78.3 cm³/mol. The highest BCUT2D eigenvalue weighted by Crippen LogP contribution is 2.30. The molecule has 0 saturated carbocycles. The SMILES string of the molecule is CCCc1nc(N)cc(Oc2cccc([N+](=O)[O-])c2C)n1. The fourth-order valence-corrected chi connectivity index (χ4v) is 1.90. The maximum Gasteiger partial charge on any atom is 0.276 e. The number of rotatable bonds is 5. The summed E-state index contributed by atoms with van der Waals surface area (Å²) in [5.41, 5.74) is 6.16. The molecule has 1 aromatic heterocycles. The molecule has 0 aliphatic rings. The normalized spacial score (nSPS) is 10.4. The van der Waals surface area contributed by atoms with Crippen LogP contribution in [0, 0.1) is 17.0 Å². The van der Waals surface area contributed by atoms with Crippen LogP contribution in [0.2, 0.25) is 0 Å². The fraction of sp³-hybridized carbons (Fsp3) is 0.286. The van der Waals surface area contributed by atoms with Crippen molar-refractivity contribution in [3.8, 4) is 11.6 Å². The Kier molecular flexibility index (Phi) is 4.32. The average molecular weight is 288 g/mol. The lowest BCUT2D eigenvalue weighted by atomic mass is 10.2. The summed E-state index contributed by atoms with van der Waals surface area (Å²) in [5.74, 6) is 1.57. The summed E-state index contributed by atoms with van der Waals surface area (Å²) in [7, 11) is 0. The maximum atomic E-state index is 10.9. The van der Waals surface area contributed by atoms with E-state index in [1.807, 2.05) is 6.92 Å². The van der Waals surface area contributed by atoms with Crippen molar-refractivity contribution < 1.29 is 9.66 Å². The maximum absolute atomic E-state index is 10.9. The van der Waals surface area contributed by atoms with Crippen molar-refractivity contribution in [1.82, 2.24) is 9.97 Å². The highest BCUT2D eigenvalue weighted by atomic mass is 16.6. The third-order valence-corrected chi connectivity index (χ3v) is 2.91. The second-order valence-corrected chi connectivity index (χ2v) is 4.56. The molecule has 110 valence electrons. The van der Waals surface area contributed by atoms with Gasteiger partial charge < -0.3 is 10.5 Å². The van der Waals surface area contributed by atoms with Crippen molar-refractivity contribution in [2.24, 2.45) is 0 Å². The van der Waals surface area contributed by atoms with Crippen molar-refractivity contribution in [1.29, 1.82) is 0 Å². The monoisotopic (exact) mass is 288 g/mol. The topological polar surface area (TPSA) is 104 Å². The zero-order valence-corrected chi connectivity index (χ0v) is 11.9. The highest BCUT2D eigenvalue weighted by molar-refractivity contribution is 5.49. The number of hydrogen-bond donors (Lipinski definition) is 1. The lowest BCUT2D eigenvalue weighted by Gasteiger charge is -2.09. The standard InChI is InChI=1S/C14H16N4O3/c1-3-5-13-16-12(15)8-14(17-13)21-11-7-4-6-10(9(11)2)18(19)20/h4,6-8H,3,5H2,1-2H3,(H2,15,16,17). The molecule has 0 atom stereocenters. The zero-order chi connectivity index (χ0) is 15.4. The first kappa shape index (κ1) is 14.7. The third kappa shape index (κ3) is 3.44. The molecular weight excluding hydrogens is 272 g/mol. The van der Waals surface area contributed by atoms with Crippen LogP contribution in [0.15, 0.2) is 24.3 Å². The Morgan fingerprint density at radius 1 is 1.38 bits per heavy atom. The molecule has 0 saturated heterocycles. The number of benzene rings is 1. The lowest BCUT2D eigenvalue weighted by Crippen LogP contribution is -2.02. The number of ether oxygens (including phenoxy) is 1. The average Bonchev–Trinajstić information content (AvgIpc) is 2.40. The van der Waals surface area contributed by atoms with Crippen LogP contribution in [-0.2, 0) is 6.42 Å². The van der Waals surface area contributed by atoms with Gasteiger partial charge in [0, 0.05) is 18.6 Å². The van der Waals surface area contributed by atoms with Crippen LogP contribution in [-0.4, -0.2) is 14.9 Å². The summed E-state index contributed by atoms with van der Waals surface area (Å²) >= 11 is 0. The molecule has 1 aromatic carbocycles. The molecule has 2 aromatic rings. The van der Waals surface area contributed by atoms with Crippen LogP contribution in [0.1, 0.15) is 24.7 Å². The van der Waals surface area contributed by atoms with Gasteiger partial charge in [0.05, 0.1) is 10.5 Å². The van der Waals surface area contributed by atoms with Crippen LogP contribution in [0.25, 0.3) is 0 Å². The Labute approximate surface area is 121 Å². The van der Waals surface area contributed by atoms with Gasteiger partial charge in [0.15, 0.2) is 0 Å². The van der Waals surface area contributed by atoms with Gasteiger partial charge in [-0.1, -0.05) is 13.0 Å². The minimum atomic E-state index is -0.445. The Hall–Kier alpha value is -2.70. The minimum Gasteiger partial charge on any atom is -0.438 e. The van der Waals surface area contributed by atoms with Gasteiger partial charge in [-0.2, -0.15) is 4.98 Å². The molecular formula is C14H16N4O3. The number of aryl methyl sites for hydroxylation is 1. The van der Waals surface area contributed by atoms with E-state index in [1.54, 1.807) is 19.1 Å². The van der Waals surface area contributed by atoms with Crippen molar-refractivity contribution in [2.75, 3.05) is 5.73 Å². The number of nitrogens with two attached hydrogens (primary N) is 1. The molecule has 0 bridgehead atoms. The minimum absolute atomic E-state index is 0.00306. The van der Waals surface area contributed by atoms with Gasteiger partial charge in [0.25, 0.3) is 5.69 Å². The van der Waals surface area contributed by atoms with E-state index in [1.165, 1.54) is 12.1 Å². The molecule has 2 rings (SSSR count). The summed E-state index contributed by atoms with van der Waals surface area (Å²) in [6.45, 7) is 3.64. The van der Waals surface area contributed by atoms with E-state index in [0.29, 0.717) is 29.4 Å². The molecule has 0 radical (unpaired) electrons. The van der Waals surface area contributed by atoms with E-state index < -0.39 is 4.92 Å². The molecule has 7 heteroatoms. The van der Waals surface area contributed by atoms with Crippen LogP contribution >= 0.6 is 0 Å². The molecule has 0 aliphatic heterocycles. The molecule has 0 fully saturated rings. The number of anilines is 1. The number of nitrogens with zero attached hydrogens (tertiary/aromatic N) is 3. The first-order chi connectivity index (χ1) is 10.0. The van der Waals surface area contributed by atoms with Gasteiger partial charge in [-0.05, 0) is 19.4 Å². The Bertz CT molecular complexity index is 673. The van der Waals surface area contributed by atoms with Gasteiger partial charge >= 0.3 is 0 Å². The first-order valence-electron chi connectivity index (χ1n) is 6.56. The van der Waals surface area contributed by atoms with Crippen LogP contribution < -0.4 is 10.5 Å². The number of nitro groups is 1. The summed E-state index contributed by atoms with van der Waals surface area (Å²) in [6.07, 6.45) is 1.58. The van der Waals surface area contributed by atoms with Crippen molar-refractivity contribution >= 4 is 11.5 Å². The lowest BCUT2D eigenvalue weighted by molar-refractivity contribution is -0.385. The van der Waals surface area contributed by atoms with Crippen molar-refractivity contribution in [3.63, 3.8) is 0 Å². The Balaban J connectivity index is 2.34. The van der Waals surface area contributed by atoms with E-state index in [0.717, 1.165) is 6.42 Å². The van der Waals surface area contributed by atoms with Crippen LogP contribution in [0.3, 0.4) is 0 Å². The van der Waals surface area contributed by atoms with E-state index in [2.05, 4.69) is 9.97 Å². The van der Waals surface area contributed by atoms with Crippen molar-refractivity contribution in [2.45, 2.75) is 26.7 Å². The smallest absolute Gasteiger partial charge is 0.276 e. The predicted octanol–water partition coefficient (Wildman–Crippen LogP) is 3.02. The fourth-order valence-electron chi connectivity index (χ4n) is 1.90. The van der Waals surface area contributed by atoms with Gasteiger partial charge in [-0.15, -0.1) is 0 Å². The first-order valence-corrected chi connectivity index (χ1v) is 6.56. The van der Waals surface area contributed by atoms with E-state index in [4.69, 9.17) is 10.5 Å². The van der Waals surface area contributed by atoms with E-state index in [-0.39, 0.29) is 11.6 Å². The van der Waals surface area contributed by atoms with Crippen LogP contribution in [0.5, 0.6) is 11.6 Å². The molecule has 0 aliphatic carbocycles. The molecule has 2 N–H and O–H groups in total. The van der Waals surface area contributed by atoms with Crippen LogP contribution in [0.4, 0.5) is 11.5 Å². The number of nitro benzene ring substituents is 1. The van der Waals surface area contributed by atoms with E-state index in [9.17, 15) is 10.1 Å². The van der Waals surface area contributed by atoms with Gasteiger partial charge in [0.2, 0.25) is 5.88 Å². The molecule has 1 heterocycles. The Morgan fingerprint density at radius 3 is 2.81 bits per heavy atom. The highest BCUT2D eigenvalue weighted by Gasteiger charge is 2.15. The summed E-state index contributed by atoms with van der Waals surface area (Å²) in [4.78, 5) is 18.8.